The molecule has 2 saturated heterocycles. The summed E-state index contributed by atoms with van der Waals surface area (Å²) >= 11 is 12.8. The molecule has 0 aliphatic carbocycles. The molecule has 2 heterocycles. The number of likely N-dealkylation sites (tertiary alicyclic amines) is 1. The number of aryl methyl sites for hydroxylation is 1. The first-order valence-electron chi connectivity index (χ1n) is 12.6. The van der Waals surface area contributed by atoms with Gasteiger partial charge >= 0.3 is 6.09 Å². The summed E-state index contributed by atoms with van der Waals surface area (Å²) in [6, 6.07) is 13.2. The summed E-state index contributed by atoms with van der Waals surface area (Å²) in [7, 11) is 0. The third-order valence-electron chi connectivity index (χ3n) is 6.78. The van der Waals surface area contributed by atoms with Crippen LogP contribution in [-0.2, 0) is 9.53 Å². The van der Waals surface area contributed by atoms with E-state index in [0.29, 0.717) is 42.6 Å². The number of benzene rings is 2. The number of rotatable bonds is 3. The lowest BCUT2D eigenvalue weighted by Crippen LogP contribution is -2.58. The minimum Gasteiger partial charge on any atom is -0.444 e. The monoisotopic (exact) mass is 531 g/mol. The first-order chi connectivity index (χ1) is 17.0. The Morgan fingerprint density at radius 1 is 0.972 bits per heavy atom. The predicted octanol–water partition coefficient (Wildman–Crippen LogP) is 6.48. The number of piperazine rings is 1. The highest BCUT2D eigenvalue weighted by molar-refractivity contribution is 6.33. The molecule has 6 nitrogen and oxygen atoms in total. The fourth-order valence-electron chi connectivity index (χ4n) is 5.02. The molecular formula is C28H35Cl2N3O3. The van der Waals surface area contributed by atoms with Gasteiger partial charge in [-0.3, -0.25) is 9.69 Å². The minimum atomic E-state index is -0.610. The van der Waals surface area contributed by atoms with E-state index in [4.69, 9.17) is 27.9 Å². The van der Waals surface area contributed by atoms with Gasteiger partial charge in [-0.2, -0.15) is 0 Å². The lowest BCUT2D eigenvalue weighted by atomic mass is 9.98. The summed E-state index contributed by atoms with van der Waals surface area (Å²) in [5.41, 5.74) is 2.49. The van der Waals surface area contributed by atoms with Gasteiger partial charge in [0.2, 0.25) is 5.91 Å². The Hall–Kier alpha value is -2.44. The van der Waals surface area contributed by atoms with Crippen LogP contribution >= 0.6 is 23.2 Å². The van der Waals surface area contributed by atoms with E-state index < -0.39 is 17.7 Å². The number of amides is 2. The van der Waals surface area contributed by atoms with Crippen LogP contribution in [0.3, 0.4) is 0 Å². The van der Waals surface area contributed by atoms with Crippen molar-refractivity contribution >= 4 is 40.9 Å². The van der Waals surface area contributed by atoms with Crippen LogP contribution in [0.4, 0.5) is 10.5 Å². The third-order valence-corrected chi connectivity index (χ3v) is 7.33. The van der Waals surface area contributed by atoms with E-state index in [-0.39, 0.29) is 11.9 Å². The summed E-state index contributed by atoms with van der Waals surface area (Å²) < 4.78 is 5.63. The predicted molar refractivity (Wildman–Crippen MR) is 145 cm³/mol. The summed E-state index contributed by atoms with van der Waals surface area (Å²) in [4.78, 5) is 32.5. The maximum Gasteiger partial charge on any atom is 0.410 e. The van der Waals surface area contributed by atoms with Crippen LogP contribution in [0.5, 0.6) is 0 Å². The number of anilines is 1. The number of nitrogens with zero attached hydrogens (tertiary/aromatic N) is 3. The van der Waals surface area contributed by atoms with Crippen LogP contribution in [0, 0.1) is 6.92 Å². The van der Waals surface area contributed by atoms with Gasteiger partial charge in [0.25, 0.3) is 0 Å². The first-order valence-corrected chi connectivity index (χ1v) is 13.4. The van der Waals surface area contributed by atoms with Crippen LogP contribution < -0.4 is 4.90 Å². The number of halogens is 2. The number of carbonyl (C=O) groups excluding carboxylic acids is 2. The van der Waals surface area contributed by atoms with Gasteiger partial charge in [-0.05, 0) is 82.3 Å². The van der Waals surface area contributed by atoms with E-state index >= 15 is 0 Å². The SMILES string of the molecule is Cc1ccc(N2CCN(C(=O)C3CCCCN3C(=O)OC(C)(C)C)C[C@H]2c2ccc(Cl)cc2)c(Cl)c1. The first kappa shape index (κ1) is 26.6. The zero-order valence-corrected chi connectivity index (χ0v) is 23.0. The van der Waals surface area contributed by atoms with E-state index in [1.54, 1.807) is 4.90 Å². The number of hydrogen-bond acceptors (Lipinski definition) is 4. The Morgan fingerprint density at radius 3 is 2.36 bits per heavy atom. The molecule has 2 amide bonds. The molecule has 2 fully saturated rings. The van der Waals surface area contributed by atoms with Crippen LogP contribution in [0.15, 0.2) is 42.5 Å². The molecule has 36 heavy (non-hydrogen) atoms. The van der Waals surface area contributed by atoms with Crippen molar-refractivity contribution in [2.75, 3.05) is 31.1 Å². The fraction of sp³-hybridized carbons (Fsp3) is 0.500. The molecule has 2 aliphatic rings. The Kier molecular flexibility index (Phi) is 8.06. The average Bonchev–Trinajstić information content (AvgIpc) is 2.83. The van der Waals surface area contributed by atoms with Gasteiger partial charge in [0.15, 0.2) is 0 Å². The van der Waals surface area contributed by atoms with Gasteiger partial charge in [0.1, 0.15) is 11.6 Å². The van der Waals surface area contributed by atoms with Gasteiger partial charge in [-0.25, -0.2) is 4.79 Å². The standard InChI is InChI=1S/C28H35Cl2N3O3/c1-19-8-13-23(22(30)17-19)32-16-15-31(18-25(32)20-9-11-21(29)12-10-20)26(34)24-7-5-6-14-33(24)27(35)36-28(2,3)4/h8-13,17,24-25H,5-7,14-16,18H2,1-4H3/t24?,25-/m0/s1. The normalized spacial score (nSPS) is 20.9. The van der Waals surface area contributed by atoms with E-state index in [2.05, 4.69) is 11.0 Å². The second kappa shape index (κ2) is 10.9. The van der Waals surface area contributed by atoms with Gasteiger partial charge < -0.3 is 14.5 Å². The maximum absolute atomic E-state index is 13.8. The van der Waals surface area contributed by atoms with Crippen LogP contribution in [0.25, 0.3) is 0 Å². The van der Waals surface area contributed by atoms with Crippen molar-refractivity contribution in [2.45, 2.75) is 64.6 Å². The summed E-state index contributed by atoms with van der Waals surface area (Å²) in [6.07, 6.45) is 2.01. The smallest absolute Gasteiger partial charge is 0.410 e. The number of ether oxygens (including phenoxy) is 1. The molecule has 0 N–H and O–H groups in total. The number of piperidine rings is 1. The molecule has 194 valence electrons. The van der Waals surface area contributed by atoms with E-state index in [0.717, 1.165) is 29.7 Å². The van der Waals surface area contributed by atoms with Gasteiger partial charge in [0, 0.05) is 31.2 Å². The maximum atomic E-state index is 13.8. The summed E-state index contributed by atoms with van der Waals surface area (Å²) in [5, 5.41) is 1.36. The molecule has 2 aromatic rings. The topological polar surface area (TPSA) is 53.1 Å². The number of carbonyl (C=O) groups is 2. The molecule has 1 unspecified atom stereocenters. The number of hydrogen-bond donors (Lipinski definition) is 0. The van der Waals surface area contributed by atoms with Crippen molar-refractivity contribution < 1.29 is 14.3 Å². The summed E-state index contributed by atoms with van der Waals surface area (Å²) in [6.45, 7) is 9.75. The van der Waals surface area contributed by atoms with Gasteiger partial charge in [0.05, 0.1) is 16.8 Å². The van der Waals surface area contributed by atoms with Crippen molar-refractivity contribution in [3.63, 3.8) is 0 Å². The lowest BCUT2D eigenvalue weighted by Gasteiger charge is -2.45. The van der Waals surface area contributed by atoms with Crippen molar-refractivity contribution in [1.29, 1.82) is 0 Å². The lowest BCUT2D eigenvalue weighted by molar-refractivity contribution is -0.139. The molecule has 0 aromatic heterocycles. The molecular weight excluding hydrogens is 497 g/mol. The van der Waals surface area contributed by atoms with E-state index in [9.17, 15) is 9.59 Å². The quantitative estimate of drug-likeness (QED) is 0.454. The van der Waals surface area contributed by atoms with E-state index in [1.165, 1.54) is 0 Å². The minimum absolute atomic E-state index is 0.0193. The zero-order chi connectivity index (χ0) is 26.0. The van der Waals surface area contributed by atoms with Gasteiger partial charge in [-0.15, -0.1) is 0 Å². The average molecular weight is 533 g/mol. The Labute approximate surface area is 224 Å². The summed E-state index contributed by atoms with van der Waals surface area (Å²) in [5.74, 6) is -0.0193. The van der Waals surface area contributed by atoms with Crippen molar-refractivity contribution in [3.8, 4) is 0 Å². The Bertz CT molecular complexity index is 1100. The second-order valence-electron chi connectivity index (χ2n) is 10.7. The molecule has 2 aliphatic heterocycles. The zero-order valence-electron chi connectivity index (χ0n) is 21.5. The highest BCUT2D eigenvalue weighted by atomic mass is 35.5. The highest BCUT2D eigenvalue weighted by Gasteiger charge is 2.40. The molecule has 8 heteroatoms. The molecule has 2 atom stereocenters. The van der Waals surface area contributed by atoms with Crippen LogP contribution in [0.2, 0.25) is 10.0 Å². The largest absolute Gasteiger partial charge is 0.444 e. The molecule has 0 radical (unpaired) electrons. The third kappa shape index (κ3) is 6.09. The Balaban J connectivity index is 1.60. The molecule has 0 bridgehead atoms. The highest BCUT2D eigenvalue weighted by Crippen LogP contribution is 2.36. The molecule has 2 aromatic carbocycles. The Morgan fingerprint density at radius 2 is 1.69 bits per heavy atom. The molecule has 4 rings (SSSR count). The van der Waals surface area contributed by atoms with Crippen molar-refractivity contribution in [1.82, 2.24) is 9.80 Å². The van der Waals surface area contributed by atoms with Crippen molar-refractivity contribution in [3.05, 3.63) is 63.6 Å². The van der Waals surface area contributed by atoms with Crippen LogP contribution in [-0.4, -0.2) is 59.6 Å². The molecule has 0 spiro atoms. The fourth-order valence-corrected chi connectivity index (χ4v) is 5.49. The van der Waals surface area contributed by atoms with Gasteiger partial charge in [-0.1, -0.05) is 41.4 Å². The van der Waals surface area contributed by atoms with Crippen LogP contribution in [0.1, 0.15) is 57.2 Å². The second-order valence-corrected chi connectivity index (χ2v) is 11.5. The van der Waals surface area contributed by atoms with Crippen molar-refractivity contribution in [2.24, 2.45) is 0 Å². The van der Waals surface area contributed by atoms with E-state index in [1.807, 2.05) is 69.0 Å². The molecule has 0 saturated carbocycles.